The molecule has 0 radical (unpaired) electrons. The molecule has 1 aliphatic rings. The van der Waals surface area contributed by atoms with Gasteiger partial charge in [-0.15, -0.1) is 0 Å². The highest BCUT2D eigenvalue weighted by atomic mass is 35.5. The first kappa shape index (κ1) is 19.9. The van der Waals surface area contributed by atoms with E-state index in [0.717, 1.165) is 37.4 Å². The van der Waals surface area contributed by atoms with Gasteiger partial charge in [0.2, 0.25) is 5.78 Å². The number of hydrogen-bond acceptors (Lipinski definition) is 4. The Morgan fingerprint density at radius 3 is 2.74 bits per heavy atom. The average Bonchev–Trinajstić information content (AvgIpc) is 3.25. The van der Waals surface area contributed by atoms with Crippen LogP contribution in [0, 0.1) is 13.8 Å². The molecule has 0 N–H and O–H groups in total. The third kappa shape index (κ3) is 4.37. The zero-order chi connectivity index (χ0) is 19.6. The molecule has 1 aromatic heterocycles. The highest BCUT2D eigenvalue weighted by Crippen LogP contribution is 2.26. The number of rotatable bonds is 6. The summed E-state index contributed by atoms with van der Waals surface area (Å²) in [5.74, 6) is -0.933. The summed E-state index contributed by atoms with van der Waals surface area (Å²) in [6.45, 7) is 5.01. The molecule has 27 heavy (non-hydrogen) atoms. The maximum Gasteiger partial charge on any atom is 0.340 e. The van der Waals surface area contributed by atoms with Gasteiger partial charge in [0.05, 0.1) is 21.7 Å². The molecule has 0 aliphatic carbocycles. The normalized spacial score (nSPS) is 16.5. The molecule has 1 saturated heterocycles. The Bertz CT molecular complexity index is 869. The van der Waals surface area contributed by atoms with Crippen molar-refractivity contribution in [1.82, 2.24) is 4.57 Å². The third-order valence-electron chi connectivity index (χ3n) is 4.79. The molecule has 7 heteroatoms. The van der Waals surface area contributed by atoms with Crippen molar-refractivity contribution in [2.75, 3.05) is 13.2 Å². The molecule has 144 valence electrons. The molecule has 0 unspecified atom stereocenters. The van der Waals surface area contributed by atoms with Crippen molar-refractivity contribution in [3.63, 3.8) is 0 Å². The summed E-state index contributed by atoms with van der Waals surface area (Å²) in [6.07, 6.45) is 2.27. The van der Waals surface area contributed by atoms with Crippen molar-refractivity contribution >= 4 is 35.0 Å². The van der Waals surface area contributed by atoms with Crippen LogP contribution in [0.25, 0.3) is 0 Å². The Kier molecular flexibility index (Phi) is 6.25. The van der Waals surface area contributed by atoms with Crippen LogP contribution in [-0.2, 0) is 16.0 Å². The van der Waals surface area contributed by atoms with Crippen molar-refractivity contribution in [3.8, 4) is 0 Å². The topological polar surface area (TPSA) is 57.5 Å². The van der Waals surface area contributed by atoms with Gasteiger partial charge in [-0.1, -0.05) is 29.3 Å². The maximum atomic E-state index is 12.6. The van der Waals surface area contributed by atoms with E-state index in [1.165, 1.54) is 6.07 Å². The van der Waals surface area contributed by atoms with Crippen LogP contribution in [-0.4, -0.2) is 35.6 Å². The van der Waals surface area contributed by atoms with E-state index in [4.69, 9.17) is 32.7 Å². The van der Waals surface area contributed by atoms with Gasteiger partial charge in [0, 0.05) is 30.1 Å². The summed E-state index contributed by atoms with van der Waals surface area (Å²) in [4.78, 5) is 24.8. The zero-order valence-electron chi connectivity index (χ0n) is 15.3. The van der Waals surface area contributed by atoms with E-state index in [0.29, 0.717) is 5.56 Å². The zero-order valence-corrected chi connectivity index (χ0v) is 16.8. The van der Waals surface area contributed by atoms with Crippen molar-refractivity contribution in [3.05, 3.63) is 56.8 Å². The van der Waals surface area contributed by atoms with Gasteiger partial charge in [0.25, 0.3) is 0 Å². The first-order valence-corrected chi connectivity index (χ1v) is 9.56. The molecule has 1 aromatic carbocycles. The SMILES string of the molecule is Cc1cc(C(=O)COC(=O)c2cccc(Cl)c2Cl)c(C)n1C[C@@H]1CCCO1. The number of carbonyl (C=O) groups is 2. The summed E-state index contributed by atoms with van der Waals surface area (Å²) >= 11 is 11.9. The summed E-state index contributed by atoms with van der Waals surface area (Å²) in [7, 11) is 0. The molecule has 3 rings (SSSR count). The number of aromatic nitrogens is 1. The van der Waals surface area contributed by atoms with E-state index < -0.39 is 5.97 Å². The van der Waals surface area contributed by atoms with Gasteiger partial charge in [0.1, 0.15) is 0 Å². The quantitative estimate of drug-likeness (QED) is 0.515. The molecule has 1 aliphatic heterocycles. The lowest BCUT2D eigenvalue weighted by Gasteiger charge is -2.14. The number of Topliss-reactive ketones (excluding diaryl/α,β-unsaturated/α-hetero) is 1. The number of benzene rings is 1. The predicted octanol–water partition coefficient (Wildman–Crippen LogP) is 4.63. The number of ketones is 1. The smallest absolute Gasteiger partial charge is 0.340 e. The first-order chi connectivity index (χ1) is 12.9. The second-order valence-electron chi connectivity index (χ2n) is 6.63. The standard InChI is InChI=1S/C20H21Cl2NO4/c1-12-9-16(13(2)23(12)10-14-5-4-8-26-14)18(24)11-27-20(25)15-6-3-7-17(21)19(15)22/h3,6-7,9,14H,4-5,8,10-11H2,1-2H3/t14-/m0/s1. The average molecular weight is 410 g/mol. The summed E-state index contributed by atoms with van der Waals surface area (Å²) < 4.78 is 12.9. The minimum Gasteiger partial charge on any atom is -0.454 e. The van der Waals surface area contributed by atoms with Crippen molar-refractivity contribution in [2.24, 2.45) is 0 Å². The molecule has 0 saturated carbocycles. The van der Waals surface area contributed by atoms with Crippen LogP contribution in [0.1, 0.15) is 44.9 Å². The highest BCUT2D eigenvalue weighted by molar-refractivity contribution is 6.43. The Hall–Kier alpha value is -1.82. The lowest BCUT2D eigenvalue weighted by atomic mass is 10.1. The monoisotopic (exact) mass is 409 g/mol. The lowest BCUT2D eigenvalue weighted by molar-refractivity contribution is 0.0474. The molecule has 1 atom stereocenters. The second kappa shape index (κ2) is 8.46. The van der Waals surface area contributed by atoms with Gasteiger partial charge in [-0.05, 0) is 44.9 Å². The fourth-order valence-corrected chi connectivity index (χ4v) is 3.68. The Labute approximate surface area is 168 Å². The minimum atomic E-state index is -0.677. The first-order valence-electron chi connectivity index (χ1n) is 8.81. The van der Waals surface area contributed by atoms with Crippen LogP contribution >= 0.6 is 23.2 Å². The summed E-state index contributed by atoms with van der Waals surface area (Å²) in [5, 5.41) is 0.376. The Morgan fingerprint density at radius 1 is 1.26 bits per heavy atom. The highest BCUT2D eigenvalue weighted by Gasteiger charge is 2.22. The summed E-state index contributed by atoms with van der Waals surface area (Å²) in [6, 6.07) is 6.52. The van der Waals surface area contributed by atoms with Crippen molar-refractivity contribution in [2.45, 2.75) is 39.3 Å². The van der Waals surface area contributed by atoms with Gasteiger partial charge < -0.3 is 14.0 Å². The van der Waals surface area contributed by atoms with Gasteiger partial charge >= 0.3 is 5.97 Å². The second-order valence-corrected chi connectivity index (χ2v) is 7.42. The molecule has 2 aromatic rings. The molecule has 0 bridgehead atoms. The van der Waals surface area contributed by atoms with E-state index >= 15 is 0 Å². The Morgan fingerprint density at radius 2 is 2.04 bits per heavy atom. The van der Waals surface area contributed by atoms with Gasteiger partial charge in [-0.25, -0.2) is 4.79 Å². The van der Waals surface area contributed by atoms with E-state index in [-0.39, 0.29) is 34.1 Å². The lowest BCUT2D eigenvalue weighted by Crippen LogP contribution is -2.18. The largest absolute Gasteiger partial charge is 0.454 e. The van der Waals surface area contributed by atoms with Crippen LogP contribution in [0.5, 0.6) is 0 Å². The van der Waals surface area contributed by atoms with E-state index in [1.807, 2.05) is 19.9 Å². The Balaban J connectivity index is 1.67. The van der Waals surface area contributed by atoms with Crippen LogP contribution in [0.15, 0.2) is 24.3 Å². The number of hydrogen-bond donors (Lipinski definition) is 0. The van der Waals surface area contributed by atoms with E-state index in [9.17, 15) is 9.59 Å². The molecule has 0 amide bonds. The number of aryl methyl sites for hydroxylation is 1. The van der Waals surface area contributed by atoms with Crippen molar-refractivity contribution < 1.29 is 19.1 Å². The van der Waals surface area contributed by atoms with Crippen LogP contribution in [0.2, 0.25) is 10.0 Å². The van der Waals surface area contributed by atoms with E-state index in [2.05, 4.69) is 4.57 Å². The molecular weight excluding hydrogens is 389 g/mol. The molecule has 1 fully saturated rings. The third-order valence-corrected chi connectivity index (χ3v) is 5.61. The van der Waals surface area contributed by atoms with Gasteiger partial charge in [-0.3, -0.25) is 4.79 Å². The van der Waals surface area contributed by atoms with Crippen molar-refractivity contribution in [1.29, 1.82) is 0 Å². The molecule has 2 heterocycles. The molecule has 5 nitrogen and oxygen atoms in total. The van der Waals surface area contributed by atoms with E-state index in [1.54, 1.807) is 12.1 Å². The fraction of sp³-hybridized carbons (Fsp3) is 0.400. The van der Waals surface area contributed by atoms with Crippen LogP contribution in [0.3, 0.4) is 0 Å². The molecular formula is C20H21Cl2NO4. The number of ether oxygens (including phenoxy) is 2. The van der Waals surface area contributed by atoms with Gasteiger partial charge in [0.15, 0.2) is 6.61 Å². The maximum absolute atomic E-state index is 12.6. The fourth-order valence-electron chi connectivity index (χ4n) is 3.30. The summed E-state index contributed by atoms with van der Waals surface area (Å²) in [5.41, 5.74) is 2.52. The van der Waals surface area contributed by atoms with Crippen LogP contribution < -0.4 is 0 Å². The minimum absolute atomic E-state index is 0.117. The van der Waals surface area contributed by atoms with Crippen LogP contribution in [0.4, 0.5) is 0 Å². The molecule has 0 spiro atoms. The number of esters is 1. The number of carbonyl (C=O) groups excluding carboxylic acids is 2. The predicted molar refractivity (Wildman–Crippen MR) is 104 cm³/mol. The number of halogens is 2. The number of nitrogens with zero attached hydrogens (tertiary/aromatic N) is 1. The van der Waals surface area contributed by atoms with Gasteiger partial charge in [-0.2, -0.15) is 0 Å².